The Bertz CT molecular complexity index is 754. The van der Waals surface area contributed by atoms with E-state index in [4.69, 9.17) is 23.1 Å². The number of nitrogens with zero attached hydrogens (tertiary/aromatic N) is 2. The lowest BCUT2D eigenvalue weighted by Gasteiger charge is -2.29. The van der Waals surface area contributed by atoms with E-state index in [1.165, 1.54) is 16.7 Å². The van der Waals surface area contributed by atoms with Gasteiger partial charge in [0, 0.05) is 11.5 Å². The van der Waals surface area contributed by atoms with Crippen molar-refractivity contribution in [2.75, 3.05) is 0 Å². The van der Waals surface area contributed by atoms with Gasteiger partial charge in [-0.15, -0.1) is 0 Å². The third kappa shape index (κ3) is 2.03. The van der Waals surface area contributed by atoms with Crippen LogP contribution in [-0.2, 0) is 6.42 Å². The molecule has 4 heteroatoms. The molecule has 0 unspecified atom stereocenters. The van der Waals surface area contributed by atoms with Crippen molar-refractivity contribution in [3.8, 4) is 0 Å². The maximum absolute atomic E-state index is 5.95. The van der Waals surface area contributed by atoms with E-state index >= 15 is 0 Å². The normalized spacial score (nSPS) is 22.7. The Kier molecular flexibility index (Phi) is 3.19. The smallest absolute Gasteiger partial charge is 0.187 e. The Hall–Kier alpha value is -2.20. The minimum absolute atomic E-state index is 0.113. The molecule has 1 heterocycles. The highest BCUT2D eigenvalue weighted by Gasteiger charge is 2.42. The fourth-order valence-electron chi connectivity index (χ4n) is 3.63. The molecule has 1 aliphatic carbocycles. The third-order valence-electron chi connectivity index (χ3n) is 4.60. The van der Waals surface area contributed by atoms with Gasteiger partial charge in [-0.05, 0) is 36.2 Å². The molecule has 0 aromatic heterocycles. The molecule has 110 valence electrons. The molecule has 4 rings (SSSR count). The maximum atomic E-state index is 5.95. The predicted molar refractivity (Wildman–Crippen MR) is 92.6 cm³/mol. The van der Waals surface area contributed by atoms with Gasteiger partial charge in [-0.2, -0.15) is 5.10 Å². The number of rotatable bonds is 1. The van der Waals surface area contributed by atoms with Gasteiger partial charge in [-0.3, -0.25) is 0 Å². The van der Waals surface area contributed by atoms with Crippen molar-refractivity contribution in [1.29, 1.82) is 0 Å². The molecule has 22 heavy (non-hydrogen) atoms. The fraction of sp³-hybridized carbons (Fsp3) is 0.222. The SMILES string of the molecule is NC(=S)N1N=C2c3ccccc3CC[C@@H]2[C@H]1c1ccccc1. The van der Waals surface area contributed by atoms with Gasteiger partial charge >= 0.3 is 0 Å². The van der Waals surface area contributed by atoms with Crippen LogP contribution >= 0.6 is 12.2 Å². The van der Waals surface area contributed by atoms with Crippen molar-refractivity contribution in [3.05, 3.63) is 71.3 Å². The highest BCUT2D eigenvalue weighted by Crippen LogP contribution is 2.42. The van der Waals surface area contributed by atoms with Crippen LogP contribution in [0.25, 0.3) is 0 Å². The van der Waals surface area contributed by atoms with Gasteiger partial charge in [-0.25, -0.2) is 5.01 Å². The summed E-state index contributed by atoms with van der Waals surface area (Å²) < 4.78 is 0. The summed E-state index contributed by atoms with van der Waals surface area (Å²) in [5.74, 6) is 0.346. The van der Waals surface area contributed by atoms with E-state index in [-0.39, 0.29) is 6.04 Å². The van der Waals surface area contributed by atoms with E-state index in [9.17, 15) is 0 Å². The molecule has 0 amide bonds. The van der Waals surface area contributed by atoms with Gasteiger partial charge in [-0.1, -0.05) is 54.6 Å². The first-order valence-electron chi connectivity index (χ1n) is 7.56. The zero-order chi connectivity index (χ0) is 15.1. The summed E-state index contributed by atoms with van der Waals surface area (Å²) in [6.45, 7) is 0. The first-order valence-corrected chi connectivity index (χ1v) is 7.97. The topological polar surface area (TPSA) is 41.6 Å². The molecule has 2 aliphatic rings. The summed E-state index contributed by atoms with van der Waals surface area (Å²) in [6.07, 6.45) is 2.16. The molecular weight excluding hydrogens is 290 g/mol. The lowest BCUT2D eigenvalue weighted by molar-refractivity contribution is 0.309. The van der Waals surface area contributed by atoms with Gasteiger partial charge in [0.25, 0.3) is 0 Å². The summed E-state index contributed by atoms with van der Waals surface area (Å²) in [6, 6.07) is 19.0. The molecule has 0 saturated heterocycles. The van der Waals surface area contributed by atoms with Gasteiger partial charge in [0.2, 0.25) is 0 Å². The number of hydrogen-bond acceptors (Lipinski definition) is 2. The Morgan fingerprint density at radius 1 is 1.09 bits per heavy atom. The highest BCUT2D eigenvalue weighted by atomic mass is 32.1. The zero-order valence-corrected chi connectivity index (χ0v) is 13.0. The van der Waals surface area contributed by atoms with Crippen molar-refractivity contribution < 1.29 is 0 Å². The van der Waals surface area contributed by atoms with Gasteiger partial charge in [0.05, 0.1) is 11.8 Å². The van der Waals surface area contributed by atoms with Crippen molar-refractivity contribution in [2.24, 2.45) is 16.8 Å². The van der Waals surface area contributed by atoms with Crippen molar-refractivity contribution in [2.45, 2.75) is 18.9 Å². The number of fused-ring (bicyclic) bond motifs is 3. The van der Waals surface area contributed by atoms with E-state index in [0.717, 1.165) is 18.6 Å². The first kappa shape index (κ1) is 13.5. The van der Waals surface area contributed by atoms with E-state index < -0.39 is 0 Å². The summed E-state index contributed by atoms with van der Waals surface area (Å²) in [5.41, 5.74) is 10.9. The molecule has 3 nitrogen and oxygen atoms in total. The average Bonchev–Trinajstić information content (AvgIpc) is 2.96. The first-order chi connectivity index (χ1) is 10.8. The molecule has 2 aromatic rings. The third-order valence-corrected chi connectivity index (χ3v) is 4.78. The molecule has 2 N–H and O–H groups in total. The number of nitrogens with two attached hydrogens (primary N) is 1. The molecular formula is C18H17N3S. The number of hydrogen-bond donors (Lipinski definition) is 1. The van der Waals surface area contributed by atoms with Crippen LogP contribution in [0.5, 0.6) is 0 Å². The van der Waals surface area contributed by atoms with Crippen LogP contribution in [0, 0.1) is 5.92 Å². The van der Waals surface area contributed by atoms with E-state index in [0.29, 0.717) is 11.0 Å². The van der Waals surface area contributed by atoms with Crippen molar-refractivity contribution in [1.82, 2.24) is 5.01 Å². The Labute approximate surface area is 135 Å². The van der Waals surface area contributed by atoms with Crippen LogP contribution in [-0.4, -0.2) is 15.8 Å². The van der Waals surface area contributed by atoms with Gasteiger partial charge < -0.3 is 5.73 Å². The summed E-state index contributed by atoms with van der Waals surface area (Å²) in [7, 11) is 0. The minimum atomic E-state index is 0.113. The largest absolute Gasteiger partial charge is 0.375 e. The molecule has 2 atom stereocenters. The Morgan fingerprint density at radius 2 is 1.82 bits per heavy atom. The van der Waals surface area contributed by atoms with Crippen LogP contribution in [0.3, 0.4) is 0 Å². The predicted octanol–water partition coefficient (Wildman–Crippen LogP) is 3.25. The second-order valence-electron chi connectivity index (χ2n) is 5.83. The molecule has 1 aliphatic heterocycles. The second kappa shape index (κ2) is 5.21. The number of hydrazone groups is 1. The standard InChI is InChI=1S/C18H17N3S/c19-18(22)21-17(13-7-2-1-3-8-13)15-11-10-12-6-4-5-9-14(12)16(15)20-21/h1-9,15,17H,10-11H2,(H2,19,22)/t15-,17+/m0/s1. The quantitative estimate of drug-likeness (QED) is 0.822. The van der Waals surface area contributed by atoms with Crippen LogP contribution in [0.4, 0.5) is 0 Å². The highest BCUT2D eigenvalue weighted by molar-refractivity contribution is 7.80. The Morgan fingerprint density at radius 3 is 2.59 bits per heavy atom. The van der Waals surface area contributed by atoms with E-state index in [2.05, 4.69) is 48.5 Å². The zero-order valence-electron chi connectivity index (χ0n) is 12.1. The number of thiocarbonyl (C=S) groups is 1. The summed E-state index contributed by atoms with van der Waals surface area (Å²) in [4.78, 5) is 0. The molecule has 0 bridgehead atoms. The minimum Gasteiger partial charge on any atom is -0.375 e. The van der Waals surface area contributed by atoms with Crippen molar-refractivity contribution >= 4 is 23.0 Å². The molecule has 0 fully saturated rings. The van der Waals surface area contributed by atoms with Crippen LogP contribution < -0.4 is 5.73 Å². The number of aryl methyl sites for hydroxylation is 1. The van der Waals surface area contributed by atoms with E-state index in [1.54, 1.807) is 0 Å². The monoisotopic (exact) mass is 307 g/mol. The van der Waals surface area contributed by atoms with Crippen LogP contribution in [0.1, 0.15) is 29.2 Å². The summed E-state index contributed by atoms with van der Waals surface area (Å²) >= 11 is 5.25. The fourth-order valence-corrected chi connectivity index (χ4v) is 3.78. The Balaban J connectivity index is 1.82. The molecule has 0 radical (unpaired) electrons. The van der Waals surface area contributed by atoms with Gasteiger partial charge in [0.1, 0.15) is 0 Å². The van der Waals surface area contributed by atoms with Crippen molar-refractivity contribution in [3.63, 3.8) is 0 Å². The summed E-state index contributed by atoms with van der Waals surface area (Å²) in [5, 5.41) is 6.96. The lowest BCUT2D eigenvalue weighted by Crippen LogP contribution is -2.35. The average molecular weight is 307 g/mol. The molecule has 2 aromatic carbocycles. The lowest BCUT2D eigenvalue weighted by atomic mass is 9.77. The number of benzene rings is 2. The maximum Gasteiger partial charge on any atom is 0.187 e. The van der Waals surface area contributed by atoms with Gasteiger partial charge in [0.15, 0.2) is 5.11 Å². The molecule has 0 spiro atoms. The van der Waals surface area contributed by atoms with E-state index in [1.807, 2.05) is 11.1 Å². The van der Waals surface area contributed by atoms with Crippen LogP contribution in [0.2, 0.25) is 0 Å². The second-order valence-corrected chi connectivity index (χ2v) is 6.24. The molecule has 0 saturated carbocycles. The van der Waals surface area contributed by atoms with Crippen LogP contribution in [0.15, 0.2) is 59.7 Å².